The van der Waals surface area contributed by atoms with Crippen molar-refractivity contribution < 1.29 is 32.7 Å². The number of allylic oxidation sites excluding steroid dienone is 2. The van der Waals surface area contributed by atoms with Crippen molar-refractivity contribution in [2.24, 2.45) is 17.3 Å². The van der Waals surface area contributed by atoms with Gasteiger partial charge in [0.1, 0.15) is 0 Å². The van der Waals surface area contributed by atoms with E-state index in [1.54, 1.807) is 6.20 Å². The van der Waals surface area contributed by atoms with Gasteiger partial charge in [0, 0.05) is 58.3 Å². The van der Waals surface area contributed by atoms with Crippen LogP contribution in [0.15, 0.2) is 60.5 Å². The first-order chi connectivity index (χ1) is 21.1. The molecule has 0 spiro atoms. The summed E-state index contributed by atoms with van der Waals surface area (Å²) < 4.78 is 17.6. The number of aromatic nitrogens is 2. The van der Waals surface area contributed by atoms with Crippen molar-refractivity contribution in [2.45, 2.75) is 99.8 Å². The van der Waals surface area contributed by atoms with Crippen molar-refractivity contribution in [1.29, 1.82) is 0 Å². The first kappa shape index (κ1) is 32.5. The first-order valence-corrected chi connectivity index (χ1v) is 15.8. The number of aliphatic hydroxyl groups excluding tert-OH is 1. The van der Waals surface area contributed by atoms with Gasteiger partial charge in [-0.1, -0.05) is 97.0 Å². The maximum Gasteiger partial charge on any atom is 0.162 e. The van der Waals surface area contributed by atoms with E-state index in [9.17, 15) is 9.90 Å². The number of carbonyl (C=O) groups is 1. The summed E-state index contributed by atoms with van der Waals surface area (Å²) in [5.41, 5.74) is 4.53. The van der Waals surface area contributed by atoms with Crippen LogP contribution in [0.25, 0.3) is 32.9 Å². The second-order valence-corrected chi connectivity index (χ2v) is 13.3. The Morgan fingerprint density at radius 3 is 2.25 bits per heavy atom. The Labute approximate surface area is 281 Å². The average molecular weight is 772 g/mol. The van der Waals surface area contributed by atoms with E-state index in [0.29, 0.717) is 5.69 Å². The van der Waals surface area contributed by atoms with Gasteiger partial charge in [0.2, 0.25) is 0 Å². The number of benzene rings is 2. The maximum atomic E-state index is 11.7. The largest absolute Gasteiger partial charge is 0.512 e. The summed E-state index contributed by atoms with van der Waals surface area (Å²) in [5, 5.41) is 13.0. The Morgan fingerprint density at radius 1 is 1.00 bits per heavy atom. The molecule has 5 rings (SSSR count). The van der Waals surface area contributed by atoms with E-state index in [-0.39, 0.29) is 48.9 Å². The van der Waals surface area contributed by atoms with Crippen LogP contribution in [0.4, 0.5) is 0 Å². The van der Waals surface area contributed by atoms with Crippen molar-refractivity contribution in [1.82, 2.24) is 9.97 Å². The molecule has 2 aromatic heterocycles. The van der Waals surface area contributed by atoms with E-state index in [2.05, 4.69) is 38.1 Å². The molecule has 0 saturated carbocycles. The molecular formula is C39H49IrN2O2-. The second kappa shape index (κ2) is 14.5. The minimum Gasteiger partial charge on any atom is -0.512 e. The van der Waals surface area contributed by atoms with Crippen LogP contribution in [0.1, 0.15) is 108 Å². The van der Waals surface area contributed by atoms with E-state index in [0.717, 1.165) is 64.2 Å². The fraction of sp³-hybridized carbons (Fsp3) is 0.462. The smallest absolute Gasteiger partial charge is 0.162 e. The molecule has 1 aliphatic rings. The van der Waals surface area contributed by atoms with Gasteiger partial charge in [0.25, 0.3) is 0 Å². The summed E-state index contributed by atoms with van der Waals surface area (Å²) in [6.07, 6.45) is 5.12. The number of rotatable bonds is 8. The molecule has 0 aliphatic heterocycles. The zero-order chi connectivity index (χ0) is 33.3. The van der Waals surface area contributed by atoms with E-state index in [1.807, 2.05) is 72.7 Å². The Morgan fingerprint density at radius 2 is 1.64 bits per heavy atom. The monoisotopic (exact) mass is 772 g/mol. The molecule has 5 heteroatoms. The number of pyridine rings is 2. The zero-order valence-electron chi connectivity index (χ0n) is 29.8. The predicted octanol–water partition coefficient (Wildman–Crippen LogP) is 10.3. The van der Waals surface area contributed by atoms with Gasteiger partial charge in [-0.15, -0.1) is 23.6 Å². The third kappa shape index (κ3) is 7.49. The molecule has 2 aromatic carbocycles. The Hall–Kier alpha value is -2.88. The first-order valence-electron chi connectivity index (χ1n) is 16.8. The summed E-state index contributed by atoms with van der Waals surface area (Å²) in [5.74, 6) is 0.547. The molecular weight excluding hydrogens is 721 g/mol. The summed E-state index contributed by atoms with van der Waals surface area (Å²) >= 11 is 0. The molecule has 0 unspecified atom stereocenters. The van der Waals surface area contributed by atoms with Crippen molar-refractivity contribution in [3.05, 3.63) is 83.4 Å². The summed E-state index contributed by atoms with van der Waals surface area (Å²) in [7, 11) is 0. The van der Waals surface area contributed by atoms with E-state index in [1.165, 1.54) is 11.6 Å². The molecule has 44 heavy (non-hydrogen) atoms. The van der Waals surface area contributed by atoms with Crippen molar-refractivity contribution in [3.63, 3.8) is 0 Å². The Bertz CT molecular complexity index is 1730. The molecule has 1 N–H and O–H groups in total. The van der Waals surface area contributed by atoms with Gasteiger partial charge in [-0.05, 0) is 66.0 Å². The van der Waals surface area contributed by atoms with Crippen LogP contribution >= 0.6 is 0 Å². The van der Waals surface area contributed by atoms with Crippen LogP contribution in [0.3, 0.4) is 0 Å². The van der Waals surface area contributed by atoms with Crippen molar-refractivity contribution in [2.75, 3.05) is 0 Å². The molecule has 0 fully saturated rings. The van der Waals surface area contributed by atoms with Gasteiger partial charge >= 0.3 is 0 Å². The predicted molar refractivity (Wildman–Crippen MR) is 180 cm³/mol. The van der Waals surface area contributed by atoms with Gasteiger partial charge < -0.3 is 5.11 Å². The molecule has 0 amide bonds. The molecule has 2 heterocycles. The molecule has 1 aliphatic carbocycles. The third-order valence-electron chi connectivity index (χ3n) is 8.68. The number of nitrogens with zero attached hydrogens (tertiary/aromatic N) is 2. The number of fused-ring (bicyclic) bond motifs is 3. The minimum atomic E-state index is -1.56. The van der Waals surface area contributed by atoms with Crippen LogP contribution in [-0.4, -0.2) is 20.9 Å². The molecule has 237 valence electrons. The normalized spacial score (nSPS) is 14.8. The average Bonchev–Trinajstić information content (AvgIpc) is 3.00. The maximum absolute atomic E-state index is 11.7. The zero-order valence-corrected chi connectivity index (χ0v) is 30.2. The third-order valence-corrected chi connectivity index (χ3v) is 8.68. The van der Waals surface area contributed by atoms with E-state index in [4.69, 9.17) is 12.7 Å². The molecule has 1 radical (unpaired) electrons. The van der Waals surface area contributed by atoms with Gasteiger partial charge in [0.15, 0.2) is 5.78 Å². The summed E-state index contributed by atoms with van der Waals surface area (Å²) in [6, 6.07) is 18.0. The Kier molecular flexibility index (Phi) is 10.7. The summed E-state index contributed by atoms with van der Waals surface area (Å²) in [6.45, 7) is 18.2. The number of hydrogen-bond donors (Lipinski definition) is 1. The fourth-order valence-corrected chi connectivity index (χ4v) is 6.08. The number of ketones is 1. The minimum absolute atomic E-state index is 0. The number of carbonyl (C=O) groups excluding carboxylic acids is 1. The molecule has 0 bridgehead atoms. The van der Waals surface area contributed by atoms with E-state index < -0.39 is 11.8 Å². The van der Waals surface area contributed by atoms with Gasteiger partial charge in [-0.3, -0.25) is 14.8 Å². The van der Waals surface area contributed by atoms with Gasteiger partial charge in [-0.25, -0.2) is 0 Å². The standard InChI is InChI=1S/C26H25N2.C13H24O2.Ir/c1-25(2,3)15-18-14-21-23-22(28-18)10-11-27-24(23)19-12-16-8-6-7-9-17(16)13-20(19)26(21,4)5;1-5-10(6-2)12(14)9-13(15)11(7-3)8-4;/h6-11,13-14H,15H2,1-5H3;9-11,14H,5-8H2,1-4H3;/q-1;;/b;12-9-;/i15D2;;. The van der Waals surface area contributed by atoms with Crippen LogP contribution in [-0.2, 0) is 36.7 Å². The van der Waals surface area contributed by atoms with Crippen LogP contribution in [0, 0.1) is 23.3 Å². The number of hydrogen-bond acceptors (Lipinski definition) is 4. The number of aliphatic hydroxyl groups is 1. The van der Waals surface area contributed by atoms with Crippen molar-refractivity contribution >= 4 is 27.5 Å². The fourth-order valence-electron chi connectivity index (χ4n) is 6.08. The molecule has 4 aromatic rings. The second-order valence-electron chi connectivity index (χ2n) is 13.3. The molecule has 4 nitrogen and oxygen atoms in total. The van der Waals surface area contributed by atoms with Crippen molar-refractivity contribution in [3.8, 4) is 11.3 Å². The van der Waals surface area contributed by atoms with Gasteiger partial charge in [-0.2, -0.15) is 0 Å². The molecule has 0 saturated heterocycles. The van der Waals surface area contributed by atoms with Gasteiger partial charge in [0.05, 0.1) is 11.3 Å². The topological polar surface area (TPSA) is 63.1 Å². The summed E-state index contributed by atoms with van der Waals surface area (Å²) in [4.78, 5) is 21.2. The van der Waals surface area contributed by atoms with Crippen LogP contribution in [0.5, 0.6) is 0 Å². The van der Waals surface area contributed by atoms with Crippen LogP contribution < -0.4 is 0 Å². The quantitative estimate of drug-likeness (QED) is 0.110. The van der Waals surface area contributed by atoms with E-state index >= 15 is 0 Å². The SMILES string of the molecule is CCC(CC)C(=O)/C=C(\O)C(CC)CC.[2H]C([2H])(c1cc2c3c(nccc3n1)-c1[c-]c3ccccc3cc1C2(C)C)C(C)(C)C.[Ir]. The Balaban J connectivity index is 0.000000309. The molecule has 0 atom stereocenters. The van der Waals surface area contributed by atoms with Crippen LogP contribution in [0.2, 0.25) is 0 Å².